The summed E-state index contributed by atoms with van der Waals surface area (Å²) in [4.78, 5) is 36.8. The van der Waals surface area contributed by atoms with Gasteiger partial charge < -0.3 is 14.8 Å². The van der Waals surface area contributed by atoms with Crippen molar-refractivity contribution in [3.05, 3.63) is 28.7 Å². The number of amides is 3. The van der Waals surface area contributed by atoms with Gasteiger partial charge in [0.05, 0.1) is 14.2 Å². The van der Waals surface area contributed by atoms with Gasteiger partial charge in [0.15, 0.2) is 17.3 Å². The Morgan fingerprint density at radius 3 is 2.68 bits per heavy atom. The van der Waals surface area contributed by atoms with Crippen molar-refractivity contribution < 1.29 is 23.6 Å². The van der Waals surface area contributed by atoms with Crippen molar-refractivity contribution >= 4 is 11.9 Å². The second-order valence-corrected chi connectivity index (χ2v) is 5.21. The van der Waals surface area contributed by atoms with Gasteiger partial charge in [-0.2, -0.15) is 0 Å². The Morgan fingerprint density at radius 1 is 1.28 bits per heavy atom. The number of rotatable bonds is 5. The summed E-state index contributed by atoms with van der Waals surface area (Å²) < 4.78 is 16.1. The lowest BCUT2D eigenvalue weighted by atomic mass is 10.2. The van der Waals surface area contributed by atoms with Crippen LogP contribution in [0.2, 0.25) is 0 Å². The fraction of sp³-hybridized carbons (Fsp3) is 0.333. The van der Waals surface area contributed by atoms with Crippen LogP contribution in [-0.4, -0.2) is 53.9 Å². The Morgan fingerprint density at radius 2 is 2.04 bits per heavy atom. The second kappa shape index (κ2) is 6.67. The van der Waals surface area contributed by atoms with Crippen molar-refractivity contribution in [3.63, 3.8) is 0 Å². The first-order chi connectivity index (χ1) is 12.0. The number of aromatic nitrogens is 2. The fourth-order valence-electron chi connectivity index (χ4n) is 2.52. The summed E-state index contributed by atoms with van der Waals surface area (Å²) in [6, 6.07) is 4.43. The SMILES string of the molecule is COc1ccc(-c2noc(=O)n2CC(=O)N2CCNC2=O)cc1OC. The molecule has 10 heteroatoms. The highest BCUT2D eigenvalue weighted by molar-refractivity contribution is 5.95. The van der Waals surface area contributed by atoms with Crippen LogP contribution in [0, 0.1) is 0 Å². The maximum absolute atomic E-state index is 12.3. The summed E-state index contributed by atoms with van der Waals surface area (Å²) in [7, 11) is 2.98. The number of imide groups is 1. The topological polar surface area (TPSA) is 116 Å². The van der Waals surface area contributed by atoms with Crippen LogP contribution in [0.25, 0.3) is 11.4 Å². The highest BCUT2D eigenvalue weighted by Crippen LogP contribution is 2.31. The molecule has 0 atom stereocenters. The molecular weight excluding hydrogens is 332 g/mol. The molecule has 132 valence electrons. The molecule has 3 rings (SSSR count). The summed E-state index contributed by atoms with van der Waals surface area (Å²) in [5.74, 6) is -0.223. The zero-order valence-corrected chi connectivity index (χ0v) is 13.6. The molecule has 0 unspecified atom stereocenters. The first kappa shape index (κ1) is 16.6. The smallest absolute Gasteiger partial charge is 0.442 e. The normalized spacial score (nSPS) is 13.7. The lowest BCUT2D eigenvalue weighted by Gasteiger charge is -2.13. The van der Waals surface area contributed by atoms with Crippen molar-refractivity contribution in [1.82, 2.24) is 19.9 Å². The van der Waals surface area contributed by atoms with E-state index in [4.69, 9.17) is 9.47 Å². The number of nitrogens with one attached hydrogen (secondary N) is 1. The Labute approximate surface area is 141 Å². The lowest BCUT2D eigenvalue weighted by Crippen LogP contribution is -2.38. The minimum Gasteiger partial charge on any atom is -0.493 e. The molecule has 25 heavy (non-hydrogen) atoms. The zero-order valence-electron chi connectivity index (χ0n) is 13.6. The van der Waals surface area contributed by atoms with Gasteiger partial charge >= 0.3 is 11.8 Å². The third-order valence-corrected chi connectivity index (χ3v) is 3.78. The van der Waals surface area contributed by atoms with E-state index in [1.807, 2.05) is 0 Å². The molecule has 10 nitrogen and oxygen atoms in total. The van der Waals surface area contributed by atoms with E-state index >= 15 is 0 Å². The van der Waals surface area contributed by atoms with E-state index < -0.39 is 17.7 Å². The van der Waals surface area contributed by atoms with Crippen LogP contribution in [0.5, 0.6) is 11.5 Å². The molecule has 0 bridgehead atoms. The van der Waals surface area contributed by atoms with Crippen LogP contribution in [-0.2, 0) is 11.3 Å². The van der Waals surface area contributed by atoms with Crippen LogP contribution < -0.4 is 20.5 Å². The van der Waals surface area contributed by atoms with Gasteiger partial charge in [-0.3, -0.25) is 14.2 Å². The molecule has 3 amide bonds. The van der Waals surface area contributed by atoms with Crippen molar-refractivity contribution in [3.8, 4) is 22.9 Å². The van der Waals surface area contributed by atoms with Gasteiger partial charge in [-0.25, -0.2) is 14.2 Å². The molecule has 0 radical (unpaired) electrons. The van der Waals surface area contributed by atoms with Crippen molar-refractivity contribution in [1.29, 1.82) is 0 Å². The van der Waals surface area contributed by atoms with E-state index in [9.17, 15) is 14.4 Å². The van der Waals surface area contributed by atoms with Crippen LogP contribution in [0.15, 0.2) is 27.5 Å². The van der Waals surface area contributed by atoms with E-state index in [0.29, 0.717) is 23.6 Å². The van der Waals surface area contributed by atoms with Gasteiger partial charge in [0, 0.05) is 18.7 Å². The minimum atomic E-state index is -0.794. The molecule has 2 heterocycles. The number of carbonyl (C=O) groups is 2. The molecule has 1 fully saturated rings. The summed E-state index contributed by atoms with van der Waals surface area (Å²) >= 11 is 0. The van der Waals surface area contributed by atoms with Gasteiger partial charge in [-0.1, -0.05) is 5.16 Å². The summed E-state index contributed by atoms with van der Waals surface area (Å²) in [6.07, 6.45) is 0. The molecule has 1 aliphatic heterocycles. The lowest BCUT2D eigenvalue weighted by molar-refractivity contribution is -0.128. The van der Waals surface area contributed by atoms with Crippen molar-refractivity contribution in [2.75, 3.05) is 27.3 Å². The summed E-state index contributed by atoms with van der Waals surface area (Å²) in [5.41, 5.74) is 0.502. The number of hydrogen-bond donors (Lipinski definition) is 1. The fourth-order valence-corrected chi connectivity index (χ4v) is 2.52. The van der Waals surface area contributed by atoms with Gasteiger partial charge in [-0.15, -0.1) is 0 Å². The van der Waals surface area contributed by atoms with Gasteiger partial charge in [0.2, 0.25) is 0 Å². The van der Waals surface area contributed by atoms with E-state index in [0.717, 1.165) is 9.47 Å². The van der Waals surface area contributed by atoms with Crippen LogP contribution in [0.1, 0.15) is 0 Å². The predicted molar refractivity (Wildman–Crippen MR) is 84.4 cm³/mol. The minimum absolute atomic E-state index is 0.152. The van der Waals surface area contributed by atoms with Gasteiger partial charge in [0.25, 0.3) is 5.91 Å². The first-order valence-corrected chi connectivity index (χ1v) is 7.42. The molecular formula is C15H16N4O6. The number of ether oxygens (including phenoxy) is 2. The number of nitrogens with zero attached hydrogens (tertiary/aromatic N) is 3. The van der Waals surface area contributed by atoms with Crippen molar-refractivity contribution in [2.45, 2.75) is 6.54 Å². The van der Waals surface area contributed by atoms with E-state index in [-0.39, 0.29) is 18.9 Å². The van der Waals surface area contributed by atoms with Gasteiger partial charge in [0.1, 0.15) is 6.54 Å². The standard InChI is InChI=1S/C15H16N4O6/c1-23-10-4-3-9(7-11(10)24-2)13-17-25-15(22)19(13)8-12(20)18-6-5-16-14(18)21/h3-4,7H,5-6,8H2,1-2H3,(H,16,21). The molecule has 1 N–H and O–H groups in total. The number of benzene rings is 1. The van der Waals surface area contributed by atoms with Crippen molar-refractivity contribution in [2.24, 2.45) is 0 Å². The predicted octanol–water partition coefficient (Wildman–Crippen LogP) is 0.0723. The highest BCUT2D eigenvalue weighted by atomic mass is 16.5. The quantitative estimate of drug-likeness (QED) is 0.813. The average molecular weight is 348 g/mol. The third-order valence-electron chi connectivity index (χ3n) is 3.78. The molecule has 2 aromatic rings. The molecule has 1 aromatic carbocycles. The van der Waals surface area contributed by atoms with Crippen LogP contribution in [0.3, 0.4) is 0 Å². The number of urea groups is 1. The zero-order chi connectivity index (χ0) is 18.0. The second-order valence-electron chi connectivity index (χ2n) is 5.21. The molecule has 1 saturated heterocycles. The molecule has 1 aromatic heterocycles. The Bertz CT molecular complexity index is 871. The summed E-state index contributed by atoms with van der Waals surface area (Å²) in [6.45, 7) is 0.272. The number of carbonyl (C=O) groups excluding carboxylic acids is 2. The maximum Gasteiger partial charge on any atom is 0.442 e. The number of methoxy groups -OCH3 is 2. The maximum atomic E-state index is 12.3. The first-order valence-electron chi connectivity index (χ1n) is 7.42. The molecule has 1 aliphatic rings. The van der Waals surface area contributed by atoms with Crippen LogP contribution in [0.4, 0.5) is 4.79 Å². The Balaban J connectivity index is 1.93. The third kappa shape index (κ3) is 3.05. The van der Waals surface area contributed by atoms with Gasteiger partial charge in [-0.05, 0) is 18.2 Å². The number of hydrogen-bond acceptors (Lipinski definition) is 7. The largest absolute Gasteiger partial charge is 0.493 e. The van der Waals surface area contributed by atoms with E-state index in [1.54, 1.807) is 18.2 Å². The Hall–Kier alpha value is -3.30. The van der Waals surface area contributed by atoms with Crippen LogP contribution >= 0.6 is 0 Å². The molecule has 0 aliphatic carbocycles. The molecule has 0 spiro atoms. The van der Waals surface area contributed by atoms with E-state index in [2.05, 4.69) is 15.0 Å². The Kier molecular flexibility index (Phi) is 4.42. The monoisotopic (exact) mass is 348 g/mol. The van der Waals surface area contributed by atoms with E-state index in [1.165, 1.54) is 14.2 Å². The average Bonchev–Trinajstić information content (AvgIpc) is 3.20. The summed E-state index contributed by atoms with van der Waals surface area (Å²) in [5, 5.41) is 6.25. The molecule has 0 saturated carbocycles. The highest BCUT2D eigenvalue weighted by Gasteiger charge is 2.28.